The van der Waals surface area contributed by atoms with E-state index in [1.165, 1.54) is 44.9 Å². The smallest absolute Gasteiger partial charge is 0.263 e. The SMILES string of the molecule is N#C/C(=C/N(Cc1ccccc1)c1ccccc1)C(=O)NC1CCCCCCCCCCC1. The molecule has 1 N–H and O–H groups in total. The minimum absolute atomic E-state index is 0.146. The van der Waals surface area contributed by atoms with E-state index in [0.717, 1.165) is 36.9 Å². The first kappa shape index (κ1) is 24.6. The highest BCUT2D eigenvalue weighted by molar-refractivity contribution is 5.97. The monoisotopic (exact) mass is 443 g/mol. The van der Waals surface area contributed by atoms with Crippen molar-refractivity contribution in [1.29, 1.82) is 5.26 Å². The first-order valence-corrected chi connectivity index (χ1v) is 12.5. The standard InChI is InChI=1S/C29H37N3O/c30-22-26(29(33)31-27-18-12-6-4-2-1-3-5-7-13-19-27)24-32(28-20-14-9-15-21-28)23-25-16-10-8-11-17-25/h8-11,14-17,20-21,24,27H,1-7,12-13,18-19,23H2,(H,31,33)/b26-24-. The molecule has 1 saturated carbocycles. The summed E-state index contributed by atoms with van der Waals surface area (Å²) < 4.78 is 0. The molecule has 33 heavy (non-hydrogen) atoms. The van der Waals surface area contributed by atoms with Gasteiger partial charge in [-0.15, -0.1) is 0 Å². The number of carbonyl (C=O) groups excluding carboxylic acids is 1. The molecule has 0 heterocycles. The van der Waals surface area contributed by atoms with Crippen LogP contribution in [0.15, 0.2) is 72.4 Å². The van der Waals surface area contributed by atoms with Gasteiger partial charge >= 0.3 is 0 Å². The Labute approximate surface area is 199 Å². The second-order valence-electron chi connectivity index (χ2n) is 9.03. The van der Waals surface area contributed by atoms with Crippen LogP contribution in [-0.2, 0) is 11.3 Å². The fourth-order valence-electron chi connectivity index (χ4n) is 4.48. The van der Waals surface area contributed by atoms with Crippen molar-refractivity contribution in [3.63, 3.8) is 0 Å². The lowest BCUT2D eigenvalue weighted by Gasteiger charge is -2.23. The summed E-state index contributed by atoms with van der Waals surface area (Å²) in [7, 11) is 0. The predicted molar refractivity (Wildman–Crippen MR) is 135 cm³/mol. The fourth-order valence-corrected chi connectivity index (χ4v) is 4.48. The largest absolute Gasteiger partial charge is 0.349 e. The van der Waals surface area contributed by atoms with E-state index < -0.39 is 0 Å². The summed E-state index contributed by atoms with van der Waals surface area (Å²) in [5.41, 5.74) is 2.23. The van der Waals surface area contributed by atoms with Crippen molar-refractivity contribution >= 4 is 11.6 Å². The molecule has 0 radical (unpaired) electrons. The molecule has 1 fully saturated rings. The van der Waals surface area contributed by atoms with Gasteiger partial charge in [-0.1, -0.05) is 106 Å². The van der Waals surface area contributed by atoms with Gasteiger partial charge in [-0.2, -0.15) is 5.26 Å². The van der Waals surface area contributed by atoms with Gasteiger partial charge in [0.2, 0.25) is 0 Å². The van der Waals surface area contributed by atoms with E-state index >= 15 is 0 Å². The van der Waals surface area contributed by atoms with Crippen molar-refractivity contribution in [1.82, 2.24) is 5.32 Å². The Morgan fingerprint density at radius 1 is 0.848 bits per heavy atom. The van der Waals surface area contributed by atoms with Crippen molar-refractivity contribution in [2.75, 3.05) is 4.90 Å². The summed E-state index contributed by atoms with van der Waals surface area (Å²) in [4.78, 5) is 15.1. The molecule has 3 rings (SSSR count). The van der Waals surface area contributed by atoms with Crippen molar-refractivity contribution in [2.24, 2.45) is 0 Å². The molecule has 2 aromatic rings. The van der Waals surface area contributed by atoms with Crippen LogP contribution >= 0.6 is 0 Å². The third-order valence-electron chi connectivity index (χ3n) is 6.37. The highest BCUT2D eigenvalue weighted by Gasteiger charge is 2.17. The molecule has 0 atom stereocenters. The maximum Gasteiger partial charge on any atom is 0.263 e. The molecular weight excluding hydrogens is 406 g/mol. The summed E-state index contributed by atoms with van der Waals surface area (Å²) in [6, 6.07) is 22.3. The number of amides is 1. The number of carbonyl (C=O) groups is 1. The Balaban J connectivity index is 1.72. The van der Waals surface area contributed by atoms with Crippen LogP contribution in [0.5, 0.6) is 0 Å². The van der Waals surface area contributed by atoms with Crippen LogP contribution in [0.1, 0.15) is 76.2 Å². The summed E-state index contributed by atoms with van der Waals surface area (Å²) >= 11 is 0. The number of para-hydroxylation sites is 1. The molecule has 1 aliphatic rings. The van der Waals surface area contributed by atoms with E-state index in [2.05, 4.69) is 23.5 Å². The van der Waals surface area contributed by atoms with Gasteiger partial charge in [0.25, 0.3) is 5.91 Å². The van der Waals surface area contributed by atoms with Crippen molar-refractivity contribution in [3.8, 4) is 6.07 Å². The molecule has 0 unspecified atom stereocenters. The van der Waals surface area contributed by atoms with Crippen molar-refractivity contribution in [2.45, 2.75) is 83.2 Å². The van der Waals surface area contributed by atoms with E-state index in [-0.39, 0.29) is 17.5 Å². The number of rotatable bonds is 6. The maximum atomic E-state index is 13.1. The zero-order valence-corrected chi connectivity index (χ0v) is 19.7. The lowest BCUT2D eigenvalue weighted by Crippen LogP contribution is -2.36. The average Bonchev–Trinajstić information content (AvgIpc) is 2.84. The number of nitrogens with zero attached hydrogens (tertiary/aromatic N) is 2. The van der Waals surface area contributed by atoms with Crippen LogP contribution in [0.2, 0.25) is 0 Å². The fraction of sp³-hybridized carbons (Fsp3) is 0.448. The highest BCUT2D eigenvalue weighted by atomic mass is 16.1. The number of hydrogen-bond acceptors (Lipinski definition) is 3. The third kappa shape index (κ3) is 8.77. The molecule has 4 nitrogen and oxygen atoms in total. The molecule has 0 saturated heterocycles. The zero-order chi connectivity index (χ0) is 23.1. The lowest BCUT2D eigenvalue weighted by atomic mass is 9.97. The number of benzene rings is 2. The lowest BCUT2D eigenvalue weighted by molar-refractivity contribution is -0.117. The van der Waals surface area contributed by atoms with Crippen LogP contribution in [0.4, 0.5) is 5.69 Å². The Hall–Kier alpha value is -3.06. The predicted octanol–water partition coefficient (Wildman–Crippen LogP) is 6.89. The van der Waals surface area contributed by atoms with Crippen molar-refractivity contribution < 1.29 is 4.79 Å². The second kappa shape index (κ2) is 14.2. The van der Waals surface area contributed by atoms with Crippen LogP contribution < -0.4 is 10.2 Å². The van der Waals surface area contributed by atoms with E-state index in [4.69, 9.17) is 0 Å². The van der Waals surface area contributed by atoms with Crippen LogP contribution in [-0.4, -0.2) is 11.9 Å². The van der Waals surface area contributed by atoms with Gasteiger partial charge < -0.3 is 10.2 Å². The number of nitrogens with one attached hydrogen (secondary N) is 1. The minimum Gasteiger partial charge on any atom is -0.349 e. The Bertz CT molecular complexity index is 889. The Morgan fingerprint density at radius 2 is 1.36 bits per heavy atom. The minimum atomic E-state index is -0.261. The average molecular weight is 444 g/mol. The Kier molecular flexibility index (Phi) is 10.5. The van der Waals surface area contributed by atoms with Gasteiger partial charge in [-0.05, 0) is 30.5 Å². The second-order valence-corrected chi connectivity index (χ2v) is 9.03. The van der Waals surface area contributed by atoms with Gasteiger partial charge in [0.1, 0.15) is 11.6 Å². The molecule has 0 aromatic heterocycles. The molecule has 0 aliphatic heterocycles. The zero-order valence-electron chi connectivity index (χ0n) is 19.7. The summed E-state index contributed by atoms with van der Waals surface area (Å²) in [6.07, 6.45) is 15.0. The molecular formula is C29H37N3O. The maximum absolute atomic E-state index is 13.1. The van der Waals surface area contributed by atoms with E-state index in [0.29, 0.717) is 6.54 Å². The van der Waals surface area contributed by atoms with Crippen molar-refractivity contribution in [3.05, 3.63) is 78.0 Å². The molecule has 1 amide bonds. The van der Waals surface area contributed by atoms with Crippen LogP contribution in [0.3, 0.4) is 0 Å². The molecule has 1 aliphatic carbocycles. The van der Waals surface area contributed by atoms with E-state index in [9.17, 15) is 10.1 Å². The first-order chi connectivity index (χ1) is 16.3. The quantitative estimate of drug-likeness (QED) is 0.391. The number of anilines is 1. The van der Waals surface area contributed by atoms with Gasteiger partial charge in [-0.25, -0.2) is 0 Å². The van der Waals surface area contributed by atoms with E-state index in [1.54, 1.807) is 6.20 Å². The highest BCUT2D eigenvalue weighted by Crippen LogP contribution is 2.20. The van der Waals surface area contributed by atoms with E-state index in [1.807, 2.05) is 53.4 Å². The number of hydrogen-bond donors (Lipinski definition) is 1. The van der Waals surface area contributed by atoms with Gasteiger partial charge in [0.05, 0.1) is 0 Å². The van der Waals surface area contributed by atoms with Gasteiger partial charge in [0.15, 0.2) is 0 Å². The molecule has 2 aromatic carbocycles. The topological polar surface area (TPSA) is 56.1 Å². The molecule has 0 spiro atoms. The summed E-state index contributed by atoms with van der Waals surface area (Å²) in [5, 5.41) is 13.0. The molecule has 4 heteroatoms. The molecule has 0 bridgehead atoms. The summed E-state index contributed by atoms with van der Waals surface area (Å²) in [5.74, 6) is -0.261. The normalized spacial score (nSPS) is 16.6. The molecule has 174 valence electrons. The first-order valence-electron chi connectivity index (χ1n) is 12.5. The Morgan fingerprint density at radius 3 is 1.91 bits per heavy atom. The summed E-state index contributed by atoms with van der Waals surface area (Å²) in [6.45, 7) is 0.590. The van der Waals surface area contributed by atoms with Gasteiger partial charge in [-0.3, -0.25) is 4.79 Å². The van der Waals surface area contributed by atoms with Gasteiger partial charge in [0, 0.05) is 24.5 Å². The third-order valence-corrected chi connectivity index (χ3v) is 6.37. The number of nitriles is 1. The van der Waals surface area contributed by atoms with Crippen LogP contribution in [0, 0.1) is 11.3 Å². The van der Waals surface area contributed by atoms with Crippen LogP contribution in [0.25, 0.3) is 0 Å².